The average molecular weight is 527 g/mol. The topological polar surface area (TPSA) is 95.8 Å². The lowest BCUT2D eigenvalue weighted by Gasteiger charge is -2.35. The number of rotatable bonds is 6. The first-order valence-electron chi connectivity index (χ1n) is 12.9. The molecule has 2 aromatic rings. The van der Waals surface area contributed by atoms with Gasteiger partial charge in [-0.3, -0.25) is 4.90 Å². The van der Waals surface area contributed by atoms with E-state index < -0.39 is 18.2 Å². The van der Waals surface area contributed by atoms with E-state index in [0.717, 1.165) is 23.8 Å². The van der Waals surface area contributed by atoms with Gasteiger partial charge in [0.05, 0.1) is 12.5 Å². The van der Waals surface area contributed by atoms with Crippen LogP contribution in [0.25, 0.3) is 11.0 Å². The molecule has 12 heteroatoms. The molecule has 0 spiro atoms. The van der Waals surface area contributed by atoms with Crippen LogP contribution in [0.5, 0.6) is 0 Å². The van der Waals surface area contributed by atoms with Gasteiger partial charge in [-0.2, -0.15) is 18.2 Å². The van der Waals surface area contributed by atoms with Crippen LogP contribution in [0.4, 0.5) is 23.9 Å². The molecule has 1 aliphatic heterocycles. The molecule has 2 fully saturated rings. The first-order valence-corrected chi connectivity index (χ1v) is 12.9. The number of anilines is 1. The Balaban J connectivity index is 1.49. The summed E-state index contributed by atoms with van der Waals surface area (Å²) in [5.74, 6) is 0.171. The summed E-state index contributed by atoms with van der Waals surface area (Å²) in [7, 11) is 0. The summed E-state index contributed by atoms with van der Waals surface area (Å²) >= 11 is 0. The molecule has 2 aliphatic rings. The van der Waals surface area contributed by atoms with E-state index in [9.17, 15) is 23.1 Å². The van der Waals surface area contributed by atoms with Crippen LogP contribution in [0.2, 0.25) is 0 Å². The molecule has 1 amide bonds. The van der Waals surface area contributed by atoms with Crippen LogP contribution in [0.3, 0.4) is 0 Å². The monoisotopic (exact) mass is 526 g/mol. The molecule has 9 nitrogen and oxygen atoms in total. The Kier molecular flexibility index (Phi) is 8.17. The second kappa shape index (κ2) is 11.0. The lowest BCUT2D eigenvalue weighted by Crippen LogP contribution is -2.49. The zero-order chi connectivity index (χ0) is 26.8. The number of carbonyl (C=O) groups excluding carboxylic acids is 1. The van der Waals surface area contributed by atoms with Crippen molar-refractivity contribution < 1.29 is 27.8 Å². The van der Waals surface area contributed by atoms with E-state index in [-0.39, 0.29) is 30.7 Å². The zero-order valence-electron chi connectivity index (χ0n) is 21.7. The van der Waals surface area contributed by atoms with Crippen molar-refractivity contribution in [2.45, 2.75) is 83.3 Å². The molecule has 37 heavy (non-hydrogen) atoms. The molecule has 206 valence electrons. The first kappa shape index (κ1) is 27.4. The largest absolute Gasteiger partial charge is 0.444 e. The molecule has 2 N–H and O–H groups in total. The number of piperazine rings is 1. The van der Waals surface area contributed by atoms with Crippen LogP contribution in [-0.2, 0) is 11.3 Å². The second-order valence-corrected chi connectivity index (χ2v) is 11.0. The lowest BCUT2D eigenvalue weighted by atomic mass is 9.93. The average Bonchev–Trinajstić information content (AvgIpc) is 3.15. The van der Waals surface area contributed by atoms with Crippen LogP contribution in [0, 0.1) is 0 Å². The Hall–Kier alpha value is -2.60. The Morgan fingerprint density at radius 1 is 1.14 bits per heavy atom. The molecule has 1 saturated carbocycles. The van der Waals surface area contributed by atoms with Crippen molar-refractivity contribution in [3.8, 4) is 0 Å². The van der Waals surface area contributed by atoms with E-state index in [4.69, 9.17) is 4.74 Å². The molecular formula is C25H37F3N6O3. The summed E-state index contributed by atoms with van der Waals surface area (Å²) in [6.07, 6.45) is 0.953. The number of hydrogen-bond donors (Lipinski definition) is 2. The first-order chi connectivity index (χ1) is 17.4. The molecule has 0 aromatic carbocycles. The number of aliphatic hydroxyl groups is 1. The fraction of sp³-hybridized carbons (Fsp3) is 0.720. The molecule has 4 rings (SSSR count). The summed E-state index contributed by atoms with van der Waals surface area (Å²) in [6.45, 7) is 8.43. The van der Waals surface area contributed by atoms with Gasteiger partial charge in [0.25, 0.3) is 0 Å². The van der Waals surface area contributed by atoms with E-state index in [2.05, 4.69) is 30.9 Å². The van der Waals surface area contributed by atoms with E-state index in [1.54, 1.807) is 11.1 Å². The number of aliphatic hydroxyl groups excluding tert-OH is 1. The van der Waals surface area contributed by atoms with Crippen molar-refractivity contribution in [3.63, 3.8) is 0 Å². The number of hydrogen-bond acceptors (Lipinski definition) is 7. The number of fused-ring (bicyclic) bond motifs is 1. The predicted molar refractivity (Wildman–Crippen MR) is 133 cm³/mol. The van der Waals surface area contributed by atoms with Gasteiger partial charge in [-0.05, 0) is 52.0 Å². The minimum absolute atomic E-state index is 0.154. The normalized spacial score (nSPS) is 21.9. The van der Waals surface area contributed by atoms with Gasteiger partial charge in [0.2, 0.25) is 5.95 Å². The van der Waals surface area contributed by atoms with Crippen molar-refractivity contribution in [2.24, 2.45) is 0 Å². The van der Waals surface area contributed by atoms with E-state index >= 15 is 0 Å². The summed E-state index contributed by atoms with van der Waals surface area (Å²) in [5.41, 5.74) is 1.19. The predicted octanol–water partition coefficient (Wildman–Crippen LogP) is 4.32. The van der Waals surface area contributed by atoms with Crippen LogP contribution in [0.15, 0.2) is 12.4 Å². The highest BCUT2D eigenvalue weighted by Crippen LogP contribution is 2.33. The van der Waals surface area contributed by atoms with Gasteiger partial charge < -0.3 is 24.6 Å². The molecular weight excluding hydrogens is 489 g/mol. The van der Waals surface area contributed by atoms with E-state index in [1.807, 2.05) is 20.8 Å². The number of halogens is 3. The zero-order valence-corrected chi connectivity index (χ0v) is 21.7. The van der Waals surface area contributed by atoms with Crippen molar-refractivity contribution >= 4 is 23.1 Å². The Morgan fingerprint density at radius 2 is 1.81 bits per heavy atom. The second-order valence-electron chi connectivity index (χ2n) is 11.0. The minimum Gasteiger partial charge on any atom is -0.444 e. The van der Waals surface area contributed by atoms with Gasteiger partial charge in [0.1, 0.15) is 11.2 Å². The molecule has 1 aliphatic carbocycles. The molecule has 3 heterocycles. The third-order valence-electron chi connectivity index (χ3n) is 6.82. The minimum atomic E-state index is -4.25. The molecule has 0 bridgehead atoms. The highest BCUT2D eigenvalue weighted by Gasteiger charge is 2.29. The number of alkyl halides is 3. The maximum atomic E-state index is 12.6. The number of nitrogens with one attached hydrogen (secondary N) is 1. The van der Waals surface area contributed by atoms with Gasteiger partial charge in [0, 0.05) is 63.1 Å². The van der Waals surface area contributed by atoms with Crippen LogP contribution in [0.1, 0.15) is 64.5 Å². The van der Waals surface area contributed by atoms with Crippen LogP contribution in [-0.4, -0.2) is 86.1 Å². The Morgan fingerprint density at radius 3 is 2.43 bits per heavy atom. The van der Waals surface area contributed by atoms with Gasteiger partial charge in [0.15, 0.2) is 0 Å². The maximum absolute atomic E-state index is 12.6. The molecule has 0 radical (unpaired) electrons. The molecule has 1 saturated heterocycles. The number of aromatic nitrogens is 3. The van der Waals surface area contributed by atoms with Gasteiger partial charge >= 0.3 is 12.3 Å². The van der Waals surface area contributed by atoms with Crippen molar-refractivity contribution in [1.29, 1.82) is 0 Å². The van der Waals surface area contributed by atoms with Gasteiger partial charge in [-0.25, -0.2) is 9.78 Å². The van der Waals surface area contributed by atoms with Gasteiger partial charge in [-0.1, -0.05) is 0 Å². The Bertz CT molecular complexity index is 1070. The summed E-state index contributed by atoms with van der Waals surface area (Å²) < 4.78 is 45.3. The van der Waals surface area contributed by atoms with Crippen molar-refractivity contribution in [1.82, 2.24) is 24.3 Å². The van der Waals surface area contributed by atoms with Crippen LogP contribution >= 0.6 is 0 Å². The fourth-order valence-corrected chi connectivity index (χ4v) is 4.89. The quantitative estimate of drug-likeness (QED) is 0.579. The third-order valence-corrected chi connectivity index (χ3v) is 6.82. The molecule has 0 unspecified atom stereocenters. The number of nitrogens with zero attached hydrogens (tertiary/aromatic N) is 5. The Labute approximate surface area is 215 Å². The fourth-order valence-electron chi connectivity index (χ4n) is 4.89. The maximum Gasteiger partial charge on any atom is 0.410 e. The smallest absolute Gasteiger partial charge is 0.410 e. The number of carbonyl (C=O) groups is 1. The molecule has 2 aromatic heterocycles. The van der Waals surface area contributed by atoms with Crippen LogP contribution < -0.4 is 5.32 Å². The standard InChI is InChI=1S/C25H37F3N6O3/c1-24(2,3)37-23(36)33-12-10-32(11-13-33)15-17-16-34(18-4-6-19(35)7-5-18)21-20(17)14-30-22(31-21)29-9-8-25(26,27)28/h14,16,18-19,35H,4-13,15H2,1-3H3,(H,29,30,31). The number of amides is 1. The summed E-state index contributed by atoms with van der Waals surface area (Å²) in [6, 6.07) is 0.154. The van der Waals surface area contributed by atoms with Gasteiger partial charge in [-0.15, -0.1) is 0 Å². The highest BCUT2D eigenvalue weighted by molar-refractivity contribution is 5.81. The summed E-state index contributed by atoms with van der Waals surface area (Å²) in [4.78, 5) is 25.3. The van der Waals surface area contributed by atoms with Crippen molar-refractivity contribution in [3.05, 3.63) is 18.0 Å². The molecule has 0 atom stereocenters. The number of ether oxygens (including phenoxy) is 1. The van der Waals surface area contributed by atoms with E-state index in [1.165, 1.54) is 0 Å². The van der Waals surface area contributed by atoms with E-state index in [0.29, 0.717) is 51.2 Å². The highest BCUT2D eigenvalue weighted by atomic mass is 19.4. The lowest BCUT2D eigenvalue weighted by molar-refractivity contribution is -0.131. The SMILES string of the molecule is CC(C)(C)OC(=O)N1CCN(Cc2cn(C3CCC(O)CC3)c3nc(NCCC(F)(F)F)ncc23)CC1. The van der Waals surface area contributed by atoms with Crippen molar-refractivity contribution in [2.75, 3.05) is 38.0 Å². The third kappa shape index (κ3) is 7.47. The summed E-state index contributed by atoms with van der Waals surface area (Å²) in [5, 5.41) is 13.5.